The van der Waals surface area contributed by atoms with Crippen LogP contribution >= 0.6 is 0 Å². The van der Waals surface area contributed by atoms with Gasteiger partial charge >= 0.3 is 36.1 Å². The van der Waals surface area contributed by atoms with Gasteiger partial charge in [0.1, 0.15) is 17.8 Å². The molecule has 0 saturated carbocycles. The van der Waals surface area contributed by atoms with Crippen molar-refractivity contribution in [2.45, 2.75) is 251 Å². The molecule has 23 heteroatoms. The normalized spacial score (nSPS) is 33.8. The second-order valence-corrected chi connectivity index (χ2v) is 27.3. The molecule has 0 aromatic carbocycles. The number of nitrogens with one attached hydrogen (secondary N) is 2. The van der Waals surface area contributed by atoms with Gasteiger partial charge in [0.25, 0.3) is 0 Å². The Morgan fingerprint density at radius 2 is 1.11 bits per heavy atom. The molecule has 93 heavy (non-hydrogen) atoms. The first kappa shape index (κ1) is 78.2. The highest BCUT2D eigenvalue weighted by Crippen LogP contribution is 2.39. The summed E-state index contributed by atoms with van der Waals surface area (Å²) in [4.78, 5) is 79.8. The number of aliphatic hydroxyl groups is 5. The molecule has 4 saturated heterocycles. The van der Waals surface area contributed by atoms with E-state index in [1.165, 1.54) is 13.8 Å². The Balaban J connectivity index is 0.000000337. The molecule has 526 valence electrons. The van der Waals surface area contributed by atoms with E-state index in [0.29, 0.717) is 77.2 Å². The van der Waals surface area contributed by atoms with E-state index < -0.39 is 102 Å². The third-order valence-corrected chi connectivity index (χ3v) is 18.6. The maximum atomic E-state index is 13.2. The molecule has 6 unspecified atom stereocenters. The topological polar surface area (TPSA) is 315 Å². The van der Waals surface area contributed by atoms with Gasteiger partial charge in [0.2, 0.25) is 0 Å². The van der Waals surface area contributed by atoms with Gasteiger partial charge in [-0.05, 0) is 109 Å². The number of carbonyl (C=O) groups is 6. The SMILES string of the molecule is CC[C@@H](O)[C@@H](C)[C@H]1O[C@@H]1C[C@](C)(O)/C=C/C=C(\C)[C@H]1OC(=O)C[C@@H](O)CC[C@](C)(OC(=O)N2CCNCC2)[C@@H](OC(C)=O)/C=C/[C@@H]1C.CC[C@H](O)[C@@H](C)[C@H]1O[C@@H]1CC(C)/C=C/C=C(\C)C1OC(=O)CC(O)CCC(C)(OC(C)=O)C(OC(=O)N2CCNCC2)C=CC1C. The Bertz CT molecular complexity index is 2630. The Morgan fingerprint density at radius 3 is 1.58 bits per heavy atom. The van der Waals surface area contributed by atoms with Crippen molar-refractivity contribution in [2.75, 3.05) is 52.4 Å². The Hall–Kier alpha value is -5.50. The second kappa shape index (κ2) is 36.6. The van der Waals surface area contributed by atoms with E-state index in [4.69, 9.17) is 37.9 Å². The van der Waals surface area contributed by atoms with Gasteiger partial charge in [-0.15, -0.1) is 0 Å². The predicted octanol–water partition coefficient (Wildman–Crippen LogP) is 7.26. The van der Waals surface area contributed by atoms with Crippen LogP contribution in [0.2, 0.25) is 0 Å². The van der Waals surface area contributed by atoms with Crippen LogP contribution in [-0.4, -0.2) is 214 Å². The summed E-state index contributed by atoms with van der Waals surface area (Å²) in [7, 11) is 0. The molecule has 0 bridgehead atoms. The van der Waals surface area contributed by atoms with E-state index in [-0.39, 0.29) is 92.7 Å². The highest BCUT2D eigenvalue weighted by Gasteiger charge is 2.48. The maximum Gasteiger partial charge on any atom is 0.410 e. The van der Waals surface area contributed by atoms with Crippen molar-refractivity contribution in [1.82, 2.24) is 20.4 Å². The molecule has 23 nitrogen and oxygen atoms in total. The summed E-state index contributed by atoms with van der Waals surface area (Å²) in [6.45, 7) is 29.6. The maximum absolute atomic E-state index is 13.2. The van der Waals surface area contributed by atoms with Crippen molar-refractivity contribution in [2.24, 2.45) is 29.6 Å². The summed E-state index contributed by atoms with van der Waals surface area (Å²) in [6, 6.07) is 0. The van der Waals surface area contributed by atoms with Crippen LogP contribution in [-0.2, 0) is 57.1 Å². The molecular weight excluding hydrogens is 1200 g/mol. The summed E-state index contributed by atoms with van der Waals surface area (Å²) < 4.78 is 46.7. The van der Waals surface area contributed by atoms with Gasteiger partial charge in [-0.25, -0.2) is 9.59 Å². The van der Waals surface area contributed by atoms with Gasteiger partial charge in [0.15, 0.2) is 17.8 Å². The average Bonchev–Trinajstić information content (AvgIpc) is 1.82. The van der Waals surface area contributed by atoms with Crippen LogP contribution in [0.4, 0.5) is 9.59 Å². The zero-order valence-electron chi connectivity index (χ0n) is 57.7. The van der Waals surface area contributed by atoms with E-state index >= 15 is 0 Å². The van der Waals surface area contributed by atoms with E-state index in [1.807, 2.05) is 66.7 Å². The lowest BCUT2D eigenvalue weighted by atomic mass is 9.88. The van der Waals surface area contributed by atoms with Crippen LogP contribution in [0.25, 0.3) is 0 Å². The van der Waals surface area contributed by atoms with Gasteiger partial charge in [-0.3, -0.25) is 19.2 Å². The first-order chi connectivity index (χ1) is 43.8. The van der Waals surface area contributed by atoms with Crippen LogP contribution in [0, 0.1) is 29.6 Å². The van der Waals surface area contributed by atoms with E-state index in [1.54, 1.807) is 74.0 Å². The lowest BCUT2D eigenvalue weighted by Gasteiger charge is -2.38. The van der Waals surface area contributed by atoms with Gasteiger partial charge in [0.05, 0.1) is 67.3 Å². The molecular formula is C70H112N4O19. The fourth-order valence-corrected chi connectivity index (χ4v) is 12.4. The summed E-state index contributed by atoms with van der Waals surface area (Å²) in [5.74, 6) is -2.62. The number of hydrogen-bond acceptors (Lipinski definition) is 21. The molecule has 6 heterocycles. The quantitative estimate of drug-likeness (QED) is 0.0207. The Kier molecular flexibility index (Phi) is 30.7. The number of hydrogen-bond donors (Lipinski definition) is 7. The smallest absolute Gasteiger partial charge is 0.410 e. The standard InChI is InChI=1S/C35H56N2O10.C35H56N2O9/c1-8-27(40)24(4)32-28(45-32)21-34(6,43)14-9-10-22(2)31-23(3)11-12-29(44-25(5)38)35(7,15-13-26(39)20-30(41)46-31)47-33(42)37-18-16-36-17-19-37;1-8-28(40)25(5)33-29(43-33)20-22(2)10-9-11-23(3)32-24(4)12-13-30(44-34(42)37-18-16-36-17-19-37)35(7,46-26(6)38)15-14-27(39)21-31(41)45-32/h9-12,14,23-24,26-29,31-32,36,39-40,43H,8,13,15-21H2,1-7H3;9-13,22,24-25,27-30,32-33,36,39-40H,8,14-21H2,1-7H3/b12-11+,14-9+,22-10+;10-9+,13-12?,23-11+/t23-,24+,26-,27+,28+,29-,31+,32+,34+,35-;22?,24?,25-,27?,28+,29-,30?,32?,33-,35?/m01/s1. The summed E-state index contributed by atoms with van der Waals surface area (Å²) in [5.41, 5.74) is -2.27. The molecule has 4 fully saturated rings. The van der Waals surface area contributed by atoms with Gasteiger partial charge < -0.3 is 83.9 Å². The van der Waals surface area contributed by atoms with Crippen molar-refractivity contribution in [1.29, 1.82) is 0 Å². The lowest BCUT2D eigenvalue weighted by Crippen LogP contribution is -2.52. The zero-order chi connectivity index (χ0) is 69.0. The molecule has 6 aliphatic rings. The highest BCUT2D eigenvalue weighted by atomic mass is 16.6. The van der Waals surface area contributed by atoms with Crippen molar-refractivity contribution >= 4 is 36.1 Å². The minimum Gasteiger partial charge on any atom is -0.457 e. The minimum absolute atomic E-state index is 0.0201. The van der Waals surface area contributed by atoms with Gasteiger partial charge in [-0.1, -0.05) is 97.1 Å². The van der Waals surface area contributed by atoms with Gasteiger partial charge in [-0.2, -0.15) is 0 Å². The summed E-state index contributed by atoms with van der Waals surface area (Å²) >= 11 is 0. The number of epoxide rings is 2. The number of aliphatic hydroxyl groups excluding tert-OH is 4. The Labute approximate surface area is 551 Å². The zero-order valence-corrected chi connectivity index (χ0v) is 57.7. The fraction of sp³-hybridized carbons (Fsp3) is 0.743. The van der Waals surface area contributed by atoms with Crippen LogP contribution in [0.3, 0.4) is 0 Å². The molecule has 0 aromatic rings. The average molecular weight is 1310 g/mol. The number of allylic oxidation sites excluding steroid dienone is 5. The van der Waals surface area contributed by atoms with Crippen molar-refractivity contribution in [3.8, 4) is 0 Å². The third-order valence-electron chi connectivity index (χ3n) is 18.6. The highest BCUT2D eigenvalue weighted by molar-refractivity contribution is 5.72. The number of cyclic esters (lactones) is 2. The van der Waals surface area contributed by atoms with Gasteiger partial charge in [0, 0.05) is 96.3 Å². The van der Waals surface area contributed by atoms with E-state index in [2.05, 4.69) is 23.6 Å². The largest absolute Gasteiger partial charge is 0.457 e. The Morgan fingerprint density at radius 1 is 0.667 bits per heavy atom. The van der Waals surface area contributed by atoms with Crippen LogP contribution < -0.4 is 10.6 Å². The second-order valence-electron chi connectivity index (χ2n) is 27.3. The number of carbonyl (C=O) groups excluding carboxylic acids is 6. The van der Waals surface area contributed by atoms with E-state index in [0.717, 1.165) is 12.0 Å². The van der Waals surface area contributed by atoms with Crippen LogP contribution in [0.5, 0.6) is 0 Å². The molecule has 7 N–H and O–H groups in total. The van der Waals surface area contributed by atoms with Crippen LogP contribution in [0.1, 0.15) is 161 Å². The van der Waals surface area contributed by atoms with Crippen LogP contribution in [0.15, 0.2) is 71.9 Å². The summed E-state index contributed by atoms with van der Waals surface area (Å²) in [6.07, 6.45) is 13.4. The number of ether oxygens (including phenoxy) is 8. The molecule has 0 aliphatic carbocycles. The number of esters is 4. The summed E-state index contributed by atoms with van der Waals surface area (Å²) in [5, 5.41) is 59.2. The number of piperazine rings is 2. The first-order valence-corrected chi connectivity index (χ1v) is 33.7. The molecule has 0 aromatic heterocycles. The molecule has 6 rings (SSSR count). The number of amides is 2. The minimum atomic E-state index is -1.32. The van der Waals surface area contributed by atoms with Crippen molar-refractivity contribution in [3.63, 3.8) is 0 Å². The molecule has 20 atom stereocenters. The number of nitrogens with zero attached hydrogens (tertiary/aromatic N) is 2. The molecule has 2 amide bonds. The predicted molar refractivity (Wildman–Crippen MR) is 349 cm³/mol. The molecule has 6 aliphatic heterocycles. The van der Waals surface area contributed by atoms with Crippen molar-refractivity contribution < 1.29 is 92.2 Å². The fourth-order valence-electron chi connectivity index (χ4n) is 12.4. The third kappa shape index (κ3) is 25.2. The molecule has 0 radical (unpaired) electrons. The first-order valence-electron chi connectivity index (χ1n) is 33.7. The lowest BCUT2D eigenvalue weighted by molar-refractivity contribution is -0.168. The molecule has 0 spiro atoms. The van der Waals surface area contributed by atoms with Crippen molar-refractivity contribution in [3.05, 3.63) is 71.9 Å². The van der Waals surface area contributed by atoms with E-state index in [9.17, 15) is 54.3 Å². The monoisotopic (exact) mass is 1310 g/mol. The number of rotatable bonds is 20.